The molecule has 0 radical (unpaired) electrons. The number of halogens is 1. The number of aryl methyl sites for hydroxylation is 1. The predicted octanol–water partition coefficient (Wildman–Crippen LogP) is 2.72. The number of benzene rings is 1. The number of rotatable bonds is 3. The van der Waals surface area contributed by atoms with E-state index in [9.17, 15) is 4.39 Å². The average Bonchev–Trinajstić information content (AvgIpc) is 2.32. The van der Waals surface area contributed by atoms with Crippen LogP contribution in [0, 0.1) is 12.7 Å². The van der Waals surface area contributed by atoms with E-state index in [1.807, 2.05) is 19.1 Å². The Hall–Kier alpha value is -2.10. The van der Waals surface area contributed by atoms with Crippen LogP contribution < -0.4 is 11.1 Å². The highest BCUT2D eigenvalue weighted by atomic mass is 19.1. The standard InChI is InChI=1S/C13H14FN3/c1-9-2-7-12(15)13(17-9)16-8-10-3-5-11(14)6-4-10/h2-7H,8,15H2,1H3,(H,16,17). The molecule has 17 heavy (non-hydrogen) atoms. The van der Waals surface area contributed by atoms with Gasteiger partial charge in [-0.05, 0) is 36.8 Å². The molecule has 1 aromatic heterocycles. The van der Waals surface area contributed by atoms with Gasteiger partial charge in [-0.1, -0.05) is 12.1 Å². The summed E-state index contributed by atoms with van der Waals surface area (Å²) in [5.41, 5.74) is 8.29. The molecule has 88 valence electrons. The van der Waals surface area contributed by atoms with E-state index in [2.05, 4.69) is 10.3 Å². The number of hydrogen-bond donors (Lipinski definition) is 2. The van der Waals surface area contributed by atoms with Crippen LogP contribution in [0.4, 0.5) is 15.9 Å². The lowest BCUT2D eigenvalue weighted by Gasteiger charge is -2.09. The summed E-state index contributed by atoms with van der Waals surface area (Å²) in [6.07, 6.45) is 0. The van der Waals surface area contributed by atoms with Gasteiger partial charge in [0.2, 0.25) is 0 Å². The Bertz CT molecular complexity index is 509. The van der Waals surface area contributed by atoms with Crippen LogP contribution in [0.15, 0.2) is 36.4 Å². The third-order valence-electron chi connectivity index (χ3n) is 2.44. The van der Waals surface area contributed by atoms with Gasteiger partial charge in [-0.15, -0.1) is 0 Å². The molecule has 0 atom stereocenters. The first-order chi connectivity index (χ1) is 8.15. The Labute approximate surface area is 99.5 Å². The van der Waals surface area contributed by atoms with Crippen LogP contribution in [0.25, 0.3) is 0 Å². The number of pyridine rings is 1. The van der Waals surface area contributed by atoms with Crippen LogP contribution in [-0.4, -0.2) is 4.98 Å². The number of hydrogen-bond acceptors (Lipinski definition) is 3. The van der Waals surface area contributed by atoms with E-state index in [0.29, 0.717) is 18.1 Å². The Morgan fingerprint density at radius 1 is 1.18 bits per heavy atom. The Morgan fingerprint density at radius 3 is 2.59 bits per heavy atom. The van der Waals surface area contributed by atoms with Crippen LogP contribution in [-0.2, 0) is 6.54 Å². The maximum atomic E-state index is 12.7. The second-order valence-electron chi connectivity index (χ2n) is 3.87. The van der Waals surface area contributed by atoms with Gasteiger partial charge in [0, 0.05) is 12.2 Å². The quantitative estimate of drug-likeness (QED) is 0.854. The smallest absolute Gasteiger partial charge is 0.149 e. The van der Waals surface area contributed by atoms with E-state index in [1.165, 1.54) is 12.1 Å². The van der Waals surface area contributed by atoms with E-state index in [0.717, 1.165) is 11.3 Å². The molecule has 0 saturated carbocycles. The molecule has 0 aliphatic carbocycles. The molecule has 0 spiro atoms. The topological polar surface area (TPSA) is 50.9 Å². The normalized spacial score (nSPS) is 10.2. The zero-order valence-corrected chi connectivity index (χ0v) is 9.57. The number of nitrogens with zero attached hydrogens (tertiary/aromatic N) is 1. The fourth-order valence-electron chi connectivity index (χ4n) is 1.50. The van der Waals surface area contributed by atoms with Crippen molar-refractivity contribution >= 4 is 11.5 Å². The van der Waals surface area contributed by atoms with Crippen molar-refractivity contribution in [3.63, 3.8) is 0 Å². The number of anilines is 2. The fourth-order valence-corrected chi connectivity index (χ4v) is 1.50. The minimum absolute atomic E-state index is 0.234. The molecule has 2 rings (SSSR count). The first-order valence-corrected chi connectivity index (χ1v) is 5.36. The Balaban J connectivity index is 2.07. The van der Waals surface area contributed by atoms with E-state index in [-0.39, 0.29) is 5.82 Å². The average molecular weight is 231 g/mol. The molecule has 3 nitrogen and oxygen atoms in total. The van der Waals surface area contributed by atoms with Crippen molar-refractivity contribution in [3.8, 4) is 0 Å². The maximum absolute atomic E-state index is 12.7. The summed E-state index contributed by atoms with van der Waals surface area (Å²) in [4.78, 5) is 4.30. The van der Waals surface area contributed by atoms with Crippen molar-refractivity contribution in [1.82, 2.24) is 4.98 Å². The van der Waals surface area contributed by atoms with Gasteiger partial charge >= 0.3 is 0 Å². The van der Waals surface area contributed by atoms with Crippen molar-refractivity contribution < 1.29 is 4.39 Å². The zero-order chi connectivity index (χ0) is 12.3. The molecule has 0 amide bonds. The van der Waals surface area contributed by atoms with Gasteiger partial charge in [0.05, 0.1) is 5.69 Å². The van der Waals surface area contributed by atoms with Gasteiger partial charge in [-0.25, -0.2) is 9.37 Å². The summed E-state index contributed by atoms with van der Waals surface area (Å²) in [7, 11) is 0. The molecule has 2 aromatic rings. The van der Waals surface area contributed by atoms with Gasteiger partial charge < -0.3 is 11.1 Å². The molecule has 3 N–H and O–H groups in total. The third kappa shape index (κ3) is 2.93. The van der Waals surface area contributed by atoms with E-state index in [1.54, 1.807) is 12.1 Å². The molecule has 0 aliphatic rings. The molecule has 0 fully saturated rings. The van der Waals surface area contributed by atoms with Crippen molar-refractivity contribution in [2.24, 2.45) is 0 Å². The molecular weight excluding hydrogens is 217 g/mol. The monoisotopic (exact) mass is 231 g/mol. The summed E-state index contributed by atoms with van der Waals surface area (Å²) in [6, 6.07) is 10.0. The summed E-state index contributed by atoms with van der Waals surface area (Å²) in [5.74, 6) is 0.427. The largest absolute Gasteiger partial charge is 0.396 e. The van der Waals surface area contributed by atoms with Gasteiger partial charge in [0.1, 0.15) is 11.6 Å². The van der Waals surface area contributed by atoms with Crippen LogP contribution in [0.2, 0.25) is 0 Å². The summed E-state index contributed by atoms with van der Waals surface area (Å²) >= 11 is 0. The minimum Gasteiger partial charge on any atom is -0.396 e. The lowest BCUT2D eigenvalue weighted by molar-refractivity contribution is 0.627. The first kappa shape index (κ1) is 11.4. The van der Waals surface area contributed by atoms with E-state index in [4.69, 9.17) is 5.73 Å². The Kier molecular flexibility index (Phi) is 3.23. The molecule has 1 heterocycles. The van der Waals surface area contributed by atoms with Crippen molar-refractivity contribution in [3.05, 3.63) is 53.5 Å². The van der Waals surface area contributed by atoms with E-state index >= 15 is 0 Å². The molecule has 0 bridgehead atoms. The molecule has 0 aliphatic heterocycles. The zero-order valence-electron chi connectivity index (χ0n) is 9.57. The summed E-state index contributed by atoms with van der Waals surface area (Å²) in [6.45, 7) is 2.48. The predicted molar refractivity (Wildman–Crippen MR) is 67.1 cm³/mol. The molecule has 0 unspecified atom stereocenters. The van der Waals surface area contributed by atoms with Crippen molar-refractivity contribution in [1.29, 1.82) is 0 Å². The van der Waals surface area contributed by atoms with Crippen LogP contribution >= 0.6 is 0 Å². The lowest BCUT2D eigenvalue weighted by Crippen LogP contribution is -2.05. The summed E-state index contributed by atoms with van der Waals surface area (Å²) in [5, 5.41) is 3.13. The highest BCUT2D eigenvalue weighted by molar-refractivity contribution is 5.61. The van der Waals surface area contributed by atoms with Crippen molar-refractivity contribution in [2.75, 3.05) is 11.1 Å². The fraction of sp³-hybridized carbons (Fsp3) is 0.154. The third-order valence-corrected chi connectivity index (χ3v) is 2.44. The van der Waals surface area contributed by atoms with Crippen LogP contribution in [0.1, 0.15) is 11.3 Å². The SMILES string of the molecule is Cc1ccc(N)c(NCc2ccc(F)cc2)n1. The second kappa shape index (κ2) is 4.82. The first-order valence-electron chi connectivity index (χ1n) is 5.36. The second-order valence-corrected chi connectivity index (χ2v) is 3.87. The lowest BCUT2D eigenvalue weighted by atomic mass is 10.2. The number of nitrogens with two attached hydrogens (primary N) is 1. The van der Waals surface area contributed by atoms with Crippen LogP contribution in [0.5, 0.6) is 0 Å². The summed E-state index contributed by atoms with van der Waals surface area (Å²) < 4.78 is 12.7. The Morgan fingerprint density at radius 2 is 1.88 bits per heavy atom. The molecular formula is C13H14FN3. The van der Waals surface area contributed by atoms with Gasteiger partial charge in [0.15, 0.2) is 0 Å². The number of aromatic nitrogens is 1. The molecule has 1 aromatic carbocycles. The molecule has 0 saturated heterocycles. The minimum atomic E-state index is -0.234. The van der Waals surface area contributed by atoms with Gasteiger partial charge in [0.25, 0.3) is 0 Å². The highest BCUT2D eigenvalue weighted by Gasteiger charge is 2.01. The van der Waals surface area contributed by atoms with Crippen LogP contribution in [0.3, 0.4) is 0 Å². The van der Waals surface area contributed by atoms with Gasteiger partial charge in [-0.2, -0.15) is 0 Å². The number of nitrogens with one attached hydrogen (secondary N) is 1. The molecule has 4 heteroatoms. The maximum Gasteiger partial charge on any atom is 0.149 e. The van der Waals surface area contributed by atoms with Gasteiger partial charge in [-0.3, -0.25) is 0 Å². The highest BCUT2D eigenvalue weighted by Crippen LogP contribution is 2.16. The number of nitrogen functional groups attached to an aromatic ring is 1. The van der Waals surface area contributed by atoms with E-state index < -0.39 is 0 Å². The van der Waals surface area contributed by atoms with Crippen molar-refractivity contribution in [2.45, 2.75) is 13.5 Å².